The Kier molecular flexibility index (Phi) is 4.76. The molecular weight excluding hydrogens is 364 g/mol. The van der Waals surface area contributed by atoms with Crippen LogP contribution >= 0.6 is 0 Å². The van der Waals surface area contributed by atoms with Crippen molar-refractivity contribution in [3.05, 3.63) is 30.2 Å². The maximum absolute atomic E-state index is 12.6. The van der Waals surface area contributed by atoms with Gasteiger partial charge in [0.05, 0.1) is 23.9 Å². The Hall–Kier alpha value is -2.59. The molecule has 1 amide bonds. The third kappa shape index (κ3) is 3.57. The minimum absolute atomic E-state index is 0.165. The van der Waals surface area contributed by atoms with Gasteiger partial charge < -0.3 is 24.6 Å². The van der Waals surface area contributed by atoms with E-state index in [4.69, 9.17) is 9.26 Å². The number of piperidine rings is 1. The van der Waals surface area contributed by atoms with Crippen molar-refractivity contribution in [1.82, 2.24) is 25.4 Å². The van der Waals surface area contributed by atoms with Crippen LogP contribution in [0.15, 0.2) is 23.1 Å². The van der Waals surface area contributed by atoms with Crippen molar-refractivity contribution in [2.24, 2.45) is 0 Å². The zero-order valence-electron chi connectivity index (χ0n) is 16.0. The zero-order valence-corrected chi connectivity index (χ0v) is 16.0. The SMILES string of the molecule is Cc1nc(N2CCC3(CC2)C[C@@](C)(NC(=O)c2cnccn2)[C@H](O)CO3)no1. The lowest BCUT2D eigenvalue weighted by molar-refractivity contribution is -0.167. The largest absolute Gasteiger partial charge is 0.388 e. The first kappa shape index (κ1) is 18.8. The third-order valence-electron chi connectivity index (χ3n) is 5.64. The zero-order chi connectivity index (χ0) is 19.8. The molecule has 0 aromatic carbocycles. The number of aryl methyl sites for hydroxylation is 1. The van der Waals surface area contributed by atoms with Gasteiger partial charge in [0.25, 0.3) is 11.9 Å². The smallest absolute Gasteiger partial charge is 0.271 e. The number of amides is 1. The van der Waals surface area contributed by atoms with Crippen LogP contribution in [0.5, 0.6) is 0 Å². The number of hydrogen-bond donors (Lipinski definition) is 2. The normalized spacial score (nSPS) is 27.0. The van der Waals surface area contributed by atoms with Crippen LogP contribution < -0.4 is 10.2 Å². The van der Waals surface area contributed by atoms with E-state index in [9.17, 15) is 9.90 Å². The van der Waals surface area contributed by atoms with Crippen molar-refractivity contribution in [3.63, 3.8) is 0 Å². The van der Waals surface area contributed by atoms with Crippen molar-refractivity contribution in [3.8, 4) is 0 Å². The summed E-state index contributed by atoms with van der Waals surface area (Å²) < 4.78 is 11.1. The molecule has 10 heteroatoms. The van der Waals surface area contributed by atoms with Crippen LogP contribution in [0, 0.1) is 6.92 Å². The van der Waals surface area contributed by atoms with Crippen molar-refractivity contribution in [2.75, 3.05) is 24.6 Å². The molecule has 0 unspecified atom stereocenters. The number of aliphatic hydroxyl groups excluding tert-OH is 1. The highest BCUT2D eigenvalue weighted by Crippen LogP contribution is 2.40. The van der Waals surface area contributed by atoms with E-state index in [0.29, 0.717) is 31.3 Å². The third-order valence-corrected chi connectivity index (χ3v) is 5.64. The van der Waals surface area contributed by atoms with Crippen molar-refractivity contribution in [2.45, 2.75) is 50.4 Å². The molecule has 28 heavy (non-hydrogen) atoms. The molecule has 2 aliphatic rings. The standard InChI is InChI=1S/C18H24N6O4/c1-12-21-16(23-28-12)24-7-3-18(4-8-24)11-17(2,14(25)10-27-18)22-15(26)13-9-19-5-6-20-13/h5-6,9,14,25H,3-4,7-8,10-11H2,1-2H3,(H,22,26)/t14-,17-/m1/s1. The number of hydrogen-bond acceptors (Lipinski definition) is 9. The minimum Gasteiger partial charge on any atom is -0.388 e. The van der Waals surface area contributed by atoms with Gasteiger partial charge in [-0.3, -0.25) is 9.78 Å². The number of aliphatic hydroxyl groups is 1. The predicted molar refractivity (Wildman–Crippen MR) is 97.7 cm³/mol. The van der Waals surface area contributed by atoms with Gasteiger partial charge in [0.1, 0.15) is 11.8 Å². The Labute approximate surface area is 162 Å². The molecule has 1 spiro atoms. The van der Waals surface area contributed by atoms with E-state index in [1.165, 1.54) is 18.6 Å². The van der Waals surface area contributed by atoms with E-state index in [-0.39, 0.29) is 18.2 Å². The van der Waals surface area contributed by atoms with Crippen LogP contribution in [0.25, 0.3) is 0 Å². The van der Waals surface area contributed by atoms with Gasteiger partial charge in [-0.2, -0.15) is 4.98 Å². The number of carbonyl (C=O) groups is 1. The summed E-state index contributed by atoms with van der Waals surface area (Å²) in [6.07, 6.45) is 5.56. The molecule has 2 aromatic rings. The molecule has 2 N–H and O–H groups in total. The second kappa shape index (κ2) is 7.10. The molecule has 2 atom stereocenters. The summed E-state index contributed by atoms with van der Waals surface area (Å²) in [6, 6.07) is 0. The Morgan fingerprint density at radius 2 is 2.14 bits per heavy atom. The molecule has 2 aliphatic heterocycles. The van der Waals surface area contributed by atoms with E-state index in [1.54, 1.807) is 6.92 Å². The van der Waals surface area contributed by atoms with Gasteiger partial charge in [-0.05, 0) is 24.9 Å². The summed E-state index contributed by atoms with van der Waals surface area (Å²) >= 11 is 0. The van der Waals surface area contributed by atoms with Gasteiger partial charge in [0.15, 0.2) is 0 Å². The summed E-state index contributed by atoms with van der Waals surface area (Å²) in [6.45, 7) is 5.20. The topological polar surface area (TPSA) is 127 Å². The first-order valence-corrected chi connectivity index (χ1v) is 9.35. The van der Waals surface area contributed by atoms with Crippen LogP contribution in [0.4, 0.5) is 5.95 Å². The average Bonchev–Trinajstić information content (AvgIpc) is 3.13. The fourth-order valence-electron chi connectivity index (χ4n) is 4.00. The van der Waals surface area contributed by atoms with Gasteiger partial charge in [0, 0.05) is 38.8 Å². The Bertz CT molecular complexity index is 836. The van der Waals surface area contributed by atoms with E-state index >= 15 is 0 Å². The van der Waals surface area contributed by atoms with Crippen LogP contribution in [0.1, 0.15) is 42.6 Å². The number of anilines is 1. The van der Waals surface area contributed by atoms with Crippen molar-refractivity contribution < 1.29 is 19.2 Å². The first-order chi connectivity index (χ1) is 13.4. The fraction of sp³-hybridized carbons (Fsp3) is 0.611. The second-order valence-electron chi connectivity index (χ2n) is 7.75. The highest BCUT2D eigenvalue weighted by molar-refractivity contribution is 5.92. The van der Waals surface area contributed by atoms with E-state index in [1.807, 2.05) is 6.92 Å². The number of carbonyl (C=O) groups excluding carboxylic acids is 1. The highest BCUT2D eigenvalue weighted by atomic mass is 16.5. The summed E-state index contributed by atoms with van der Waals surface area (Å²) in [4.78, 5) is 26.9. The van der Waals surface area contributed by atoms with E-state index in [0.717, 1.165) is 12.8 Å². The highest BCUT2D eigenvalue weighted by Gasteiger charge is 2.50. The van der Waals surface area contributed by atoms with Gasteiger partial charge in [-0.1, -0.05) is 0 Å². The fourth-order valence-corrected chi connectivity index (χ4v) is 4.00. The van der Waals surface area contributed by atoms with Crippen LogP contribution in [0.3, 0.4) is 0 Å². The molecule has 0 radical (unpaired) electrons. The van der Waals surface area contributed by atoms with Crippen molar-refractivity contribution in [1.29, 1.82) is 0 Å². The molecule has 4 rings (SSSR count). The predicted octanol–water partition coefficient (Wildman–Crippen LogP) is 0.477. The molecule has 150 valence electrons. The number of nitrogens with one attached hydrogen (secondary N) is 1. The maximum atomic E-state index is 12.6. The van der Waals surface area contributed by atoms with Gasteiger partial charge in [0.2, 0.25) is 5.89 Å². The summed E-state index contributed by atoms with van der Waals surface area (Å²) in [5, 5.41) is 17.5. The lowest BCUT2D eigenvalue weighted by Crippen LogP contribution is -2.65. The Morgan fingerprint density at radius 1 is 1.36 bits per heavy atom. The Morgan fingerprint density at radius 3 is 2.79 bits per heavy atom. The summed E-state index contributed by atoms with van der Waals surface area (Å²) in [5.74, 6) is 0.764. The van der Waals surface area contributed by atoms with Gasteiger partial charge in [-0.25, -0.2) is 4.98 Å². The van der Waals surface area contributed by atoms with Crippen LogP contribution in [0.2, 0.25) is 0 Å². The molecule has 2 fully saturated rings. The van der Waals surface area contributed by atoms with Gasteiger partial charge >= 0.3 is 0 Å². The lowest BCUT2D eigenvalue weighted by atomic mass is 9.74. The average molecular weight is 388 g/mol. The van der Waals surface area contributed by atoms with E-state index in [2.05, 4.69) is 30.3 Å². The number of ether oxygens (including phenoxy) is 1. The molecule has 0 bridgehead atoms. The quantitative estimate of drug-likeness (QED) is 0.771. The number of nitrogens with zero attached hydrogens (tertiary/aromatic N) is 5. The number of aromatic nitrogens is 4. The summed E-state index contributed by atoms with van der Waals surface area (Å²) in [7, 11) is 0. The second-order valence-corrected chi connectivity index (χ2v) is 7.75. The van der Waals surface area contributed by atoms with E-state index < -0.39 is 17.2 Å². The maximum Gasteiger partial charge on any atom is 0.271 e. The lowest BCUT2D eigenvalue weighted by Gasteiger charge is -2.51. The molecule has 0 aliphatic carbocycles. The molecule has 4 heterocycles. The van der Waals surface area contributed by atoms with Crippen LogP contribution in [-0.4, -0.2) is 68.1 Å². The molecule has 2 aromatic heterocycles. The van der Waals surface area contributed by atoms with Gasteiger partial charge in [-0.15, -0.1) is 0 Å². The van der Waals surface area contributed by atoms with Crippen molar-refractivity contribution >= 4 is 11.9 Å². The monoisotopic (exact) mass is 388 g/mol. The summed E-state index contributed by atoms with van der Waals surface area (Å²) in [5.41, 5.74) is -1.02. The number of rotatable bonds is 3. The molecule has 2 saturated heterocycles. The first-order valence-electron chi connectivity index (χ1n) is 9.35. The minimum atomic E-state index is -0.822. The molecule has 0 saturated carbocycles. The molecular formula is C18H24N6O4. The Balaban J connectivity index is 1.45. The van der Waals surface area contributed by atoms with Crippen LogP contribution in [-0.2, 0) is 4.74 Å². The molecule has 10 nitrogen and oxygen atoms in total.